The van der Waals surface area contributed by atoms with Gasteiger partial charge in [-0.25, -0.2) is 0 Å². The van der Waals surface area contributed by atoms with Crippen LogP contribution in [0.25, 0.3) is 10.9 Å². The van der Waals surface area contributed by atoms with Crippen molar-refractivity contribution in [3.05, 3.63) is 60.3 Å². The van der Waals surface area contributed by atoms with E-state index in [0.29, 0.717) is 11.3 Å². The van der Waals surface area contributed by atoms with Crippen molar-refractivity contribution in [1.82, 2.24) is 4.98 Å². The number of methoxy groups -OCH3 is 1. The lowest BCUT2D eigenvalue weighted by Gasteiger charge is -2.34. The zero-order valence-corrected chi connectivity index (χ0v) is 16.3. The van der Waals surface area contributed by atoms with Gasteiger partial charge in [0.2, 0.25) is 5.91 Å². The lowest BCUT2D eigenvalue weighted by Crippen LogP contribution is -2.38. The van der Waals surface area contributed by atoms with Crippen molar-refractivity contribution in [3.63, 3.8) is 0 Å². The number of nitrogens with zero attached hydrogens (tertiary/aromatic N) is 3. The summed E-state index contributed by atoms with van der Waals surface area (Å²) in [6, 6.07) is 17.5. The van der Waals surface area contributed by atoms with Gasteiger partial charge in [-0.1, -0.05) is 24.3 Å². The number of para-hydroxylation sites is 1. The Morgan fingerprint density at radius 2 is 2.00 bits per heavy atom. The molecule has 146 valence electrons. The van der Waals surface area contributed by atoms with Gasteiger partial charge in [-0.15, -0.1) is 0 Å². The van der Waals surface area contributed by atoms with Crippen LogP contribution in [0.1, 0.15) is 18.4 Å². The number of piperidine rings is 1. The average Bonchev–Trinajstić information content (AvgIpc) is 2.78. The van der Waals surface area contributed by atoms with E-state index in [9.17, 15) is 10.1 Å². The summed E-state index contributed by atoms with van der Waals surface area (Å²) in [6.07, 6.45) is 3.11. The SMILES string of the molecule is COc1cccc(NC(=O)C2CCN(c3c(C#N)cnc4ccccc34)CC2)c1. The first-order chi connectivity index (χ1) is 14.2. The number of amides is 1. The predicted molar refractivity (Wildman–Crippen MR) is 113 cm³/mol. The van der Waals surface area contributed by atoms with Gasteiger partial charge in [0.1, 0.15) is 11.8 Å². The molecule has 0 unspecified atom stereocenters. The van der Waals surface area contributed by atoms with Crippen LogP contribution >= 0.6 is 0 Å². The van der Waals surface area contributed by atoms with Crippen LogP contribution in [0.4, 0.5) is 11.4 Å². The van der Waals surface area contributed by atoms with E-state index in [1.807, 2.05) is 48.5 Å². The molecule has 1 N–H and O–H groups in total. The minimum atomic E-state index is -0.0592. The van der Waals surface area contributed by atoms with Gasteiger partial charge in [0.15, 0.2) is 0 Å². The number of hydrogen-bond acceptors (Lipinski definition) is 5. The number of ether oxygens (including phenoxy) is 1. The molecule has 29 heavy (non-hydrogen) atoms. The molecule has 0 bridgehead atoms. The van der Waals surface area contributed by atoms with Crippen molar-refractivity contribution in [2.75, 3.05) is 30.4 Å². The van der Waals surface area contributed by atoms with Crippen molar-refractivity contribution < 1.29 is 9.53 Å². The second kappa shape index (κ2) is 8.19. The number of rotatable bonds is 4. The topological polar surface area (TPSA) is 78.2 Å². The molecule has 6 nitrogen and oxygen atoms in total. The van der Waals surface area contributed by atoms with Gasteiger partial charge < -0.3 is 15.0 Å². The van der Waals surface area contributed by atoms with E-state index < -0.39 is 0 Å². The fraction of sp³-hybridized carbons (Fsp3) is 0.261. The van der Waals surface area contributed by atoms with Crippen LogP contribution in [-0.2, 0) is 4.79 Å². The van der Waals surface area contributed by atoms with Gasteiger partial charge in [0.25, 0.3) is 0 Å². The minimum absolute atomic E-state index is 0.0259. The highest BCUT2D eigenvalue weighted by atomic mass is 16.5. The molecule has 1 aliphatic heterocycles. The number of hydrogen-bond donors (Lipinski definition) is 1. The molecule has 4 rings (SSSR count). The Balaban J connectivity index is 1.48. The number of nitriles is 1. The molecule has 2 heterocycles. The first-order valence-corrected chi connectivity index (χ1v) is 9.67. The average molecular weight is 386 g/mol. The minimum Gasteiger partial charge on any atom is -0.497 e. The predicted octanol–water partition coefficient (Wildman–Crippen LogP) is 3.97. The summed E-state index contributed by atoms with van der Waals surface area (Å²) in [6.45, 7) is 1.44. The zero-order chi connectivity index (χ0) is 20.2. The molecule has 2 aromatic carbocycles. The maximum atomic E-state index is 12.7. The maximum Gasteiger partial charge on any atom is 0.227 e. The van der Waals surface area contributed by atoms with Crippen molar-refractivity contribution in [2.24, 2.45) is 5.92 Å². The number of aromatic nitrogens is 1. The summed E-state index contributed by atoms with van der Waals surface area (Å²) in [5, 5.41) is 13.5. The lowest BCUT2D eigenvalue weighted by molar-refractivity contribution is -0.120. The molecule has 1 aliphatic rings. The normalized spacial score (nSPS) is 14.4. The fourth-order valence-corrected chi connectivity index (χ4v) is 3.86. The zero-order valence-electron chi connectivity index (χ0n) is 16.3. The molecule has 1 saturated heterocycles. The van der Waals surface area contributed by atoms with E-state index in [4.69, 9.17) is 4.74 Å². The van der Waals surface area contributed by atoms with Crippen molar-refractivity contribution in [3.8, 4) is 11.8 Å². The Kier molecular flexibility index (Phi) is 5.30. The van der Waals surface area contributed by atoms with Gasteiger partial charge in [0.05, 0.1) is 23.9 Å². The third-order valence-electron chi connectivity index (χ3n) is 5.39. The number of fused-ring (bicyclic) bond motifs is 1. The lowest BCUT2D eigenvalue weighted by atomic mass is 9.94. The number of carbonyl (C=O) groups excluding carboxylic acids is 1. The second-order valence-electron chi connectivity index (χ2n) is 7.13. The van der Waals surface area contributed by atoms with Crippen molar-refractivity contribution in [1.29, 1.82) is 5.26 Å². The maximum absolute atomic E-state index is 12.7. The smallest absolute Gasteiger partial charge is 0.227 e. The molecular formula is C23H22N4O2. The number of carbonyl (C=O) groups is 1. The van der Waals surface area contributed by atoms with E-state index >= 15 is 0 Å². The first-order valence-electron chi connectivity index (χ1n) is 9.67. The molecule has 6 heteroatoms. The van der Waals surface area contributed by atoms with Crippen LogP contribution in [-0.4, -0.2) is 31.1 Å². The highest BCUT2D eigenvalue weighted by molar-refractivity contribution is 5.95. The first kappa shape index (κ1) is 18.8. The number of anilines is 2. The Morgan fingerprint density at radius 1 is 1.21 bits per heavy atom. The summed E-state index contributed by atoms with van der Waals surface area (Å²) in [5.74, 6) is 0.681. The van der Waals surface area contributed by atoms with Gasteiger partial charge in [-0.05, 0) is 31.0 Å². The molecule has 1 amide bonds. The molecule has 0 atom stereocenters. The van der Waals surface area contributed by atoms with Crippen LogP contribution in [0.15, 0.2) is 54.7 Å². The molecule has 0 saturated carbocycles. The van der Waals surface area contributed by atoms with Gasteiger partial charge >= 0.3 is 0 Å². The molecule has 0 spiro atoms. The van der Waals surface area contributed by atoms with E-state index in [1.54, 1.807) is 13.3 Å². The fourth-order valence-electron chi connectivity index (χ4n) is 3.86. The van der Waals surface area contributed by atoms with Crippen LogP contribution in [0.5, 0.6) is 5.75 Å². The third kappa shape index (κ3) is 3.85. The summed E-state index contributed by atoms with van der Waals surface area (Å²) < 4.78 is 5.21. The van der Waals surface area contributed by atoms with Gasteiger partial charge in [-0.2, -0.15) is 5.26 Å². The van der Waals surface area contributed by atoms with E-state index in [-0.39, 0.29) is 11.8 Å². The van der Waals surface area contributed by atoms with Crippen LogP contribution in [0, 0.1) is 17.2 Å². The number of pyridine rings is 1. The molecule has 0 radical (unpaired) electrons. The molecule has 1 aromatic heterocycles. The largest absolute Gasteiger partial charge is 0.497 e. The Labute approximate surface area is 169 Å². The monoisotopic (exact) mass is 386 g/mol. The third-order valence-corrected chi connectivity index (χ3v) is 5.39. The quantitative estimate of drug-likeness (QED) is 0.734. The highest BCUT2D eigenvalue weighted by Crippen LogP contribution is 2.32. The second-order valence-corrected chi connectivity index (χ2v) is 7.13. The Bertz CT molecular complexity index is 1080. The summed E-state index contributed by atoms with van der Waals surface area (Å²) in [7, 11) is 1.61. The standard InChI is InChI=1S/C23H22N4O2/c1-29-19-6-4-5-18(13-19)26-23(28)16-9-11-27(12-10-16)22-17(14-24)15-25-21-8-3-2-7-20(21)22/h2-8,13,15-16H,9-12H2,1H3,(H,26,28). The Hall–Kier alpha value is -3.59. The van der Waals surface area contributed by atoms with E-state index in [1.165, 1.54) is 0 Å². The molecule has 1 fully saturated rings. The molecule has 3 aromatic rings. The summed E-state index contributed by atoms with van der Waals surface area (Å²) in [4.78, 5) is 19.3. The van der Waals surface area contributed by atoms with Crippen molar-refractivity contribution in [2.45, 2.75) is 12.8 Å². The van der Waals surface area contributed by atoms with Crippen LogP contribution < -0.4 is 15.0 Å². The number of nitrogens with one attached hydrogen (secondary N) is 1. The van der Waals surface area contributed by atoms with Gasteiger partial charge in [0, 0.05) is 42.3 Å². The number of benzene rings is 2. The van der Waals surface area contributed by atoms with E-state index in [2.05, 4.69) is 21.3 Å². The van der Waals surface area contributed by atoms with E-state index in [0.717, 1.165) is 48.2 Å². The van der Waals surface area contributed by atoms with Crippen molar-refractivity contribution >= 4 is 28.2 Å². The Morgan fingerprint density at radius 3 is 2.76 bits per heavy atom. The molecular weight excluding hydrogens is 364 g/mol. The summed E-state index contributed by atoms with van der Waals surface area (Å²) in [5.41, 5.74) is 3.11. The van der Waals surface area contributed by atoms with Gasteiger partial charge in [-0.3, -0.25) is 9.78 Å². The van der Waals surface area contributed by atoms with Crippen LogP contribution in [0.2, 0.25) is 0 Å². The van der Waals surface area contributed by atoms with Crippen LogP contribution in [0.3, 0.4) is 0 Å². The summed E-state index contributed by atoms with van der Waals surface area (Å²) >= 11 is 0. The molecule has 0 aliphatic carbocycles. The highest BCUT2D eigenvalue weighted by Gasteiger charge is 2.27.